The molecule has 0 radical (unpaired) electrons. The highest BCUT2D eigenvalue weighted by molar-refractivity contribution is 14.0. The standard InChI is InChI=1S/C18H29N3O3.HI/c1-6-19-17(21-13-16(22)24-18(2,3)4)20-12-11-14-7-9-15(23-5)10-8-14;/h7-10H,6,11-13H2,1-5H3,(H2,19,20,21);1H. The van der Waals surface area contributed by atoms with Gasteiger partial charge in [0.1, 0.15) is 17.9 Å². The minimum absolute atomic E-state index is 0. The first-order valence-corrected chi connectivity index (χ1v) is 8.21. The van der Waals surface area contributed by atoms with E-state index >= 15 is 0 Å². The summed E-state index contributed by atoms with van der Waals surface area (Å²) in [5.41, 5.74) is 0.707. The number of methoxy groups -OCH3 is 1. The Morgan fingerprint density at radius 1 is 1.16 bits per heavy atom. The molecule has 0 unspecified atom stereocenters. The van der Waals surface area contributed by atoms with Crippen molar-refractivity contribution >= 4 is 35.9 Å². The highest BCUT2D eigenvalue weighted by atomic mass is 127. The number of hydrogen-bond donors (Lipinski definition) is 2. The third kappa shape index (κ3) is 10.9. The summed E-state index contributed by atoms with van der Waals surface area (Å²) in [6.45, 7) is 8.94. The maximum Gasteiger partial charge on any atom is 0.328 e. The first kappa shape index (κ1) is 23.5. The van der Waals surface area contributed by atoms with Crippen molar-refractivity contribution in [1.29, 1.82) is 0 Å². The van der Waals surface area contributed by atoms with Crippen molar-refractivity contribution in [3.63, 3.8) is 0 Å². The normalized spacial score (nSPS) is 11.3. The van der Waals surface area contributed by atoms with Crippen LogP contribution in [0.2, 0.25) is 0 Å². The molecule has 2 N–H and O–H groups in total. The Bertz CT molecular complexity index is 539. The molecule has 0 aliphatic rings. The second-order valence-electron chi connectivity index (χ2n) is 6.31. The maximum atomic E-state index is 11.7. The number of guanidine groups is 1. The summed E-state index contributed by atoms with van der Waals surface area (Å²) in [7, 11) is 1.65. The van der Waals surface area contributed by atoms with Gasteiger partial charge < -0.3 is 20.1 Å². The molecule has 6 nitrogen and oxygen atoms in total. The molecular weight excluding hydrogens is 433 g/mol. The highest BCUT2D eigenvalue weighted by Gasteiger charge is 2.15. The fourth-order valence-corrected chi connectivity index (χ4v) is 1.98. The molecule has 0 saturated carbocycles. The molecule has 0 fully saturated rings. The lowest BCUT2D eigenvalue weighted by Crippen LogP contribution is -2.39. The first-order chi connectivity index (χ1) is 11.3. The highest BCUT2D eigenvalue weighted by Crippen LogP contribution is 2.11. The van der Waals surface area contributed by atoms with Crippen LogP contribution < -0.4 is 15.4 Å². The van der Waals surface area contributed by atoms with Crippen molar-refractivity contribution in [3.05, 3.63) is 29.8 Å². The lowest BCUT2D eigenvalue weighted by atomic mass is 10.1. The summed E-state index contributed by atoms with van der Waals surface area (Å²) in [4.78, 5) is 16.0. The van der Waals surface area contributed by atoms with Crippen LogP contribution in [0.3, 0.4) is 0 Å². The predicted molar refractivity (Wildman–Crippen MR) is 112 cm³/mol. The third-order valence-corrected chi connectivity index (χ3v) is 3.00. The molecular formula is C18H30IN3O3. The molecule has 0 bridgehead atoms. The summed E-state index contributed by atoms with van der Waals surface area (Å²) in [5, 5.41) is 6.33. The van der Waals surface area contributed by atoms with E-state index in [1.807, 2.05) is 52.0 Å². The van der Waals surface area contributed by atoms with Gasteiger partial charge in [-0.2, -0.15) is 0 Å². The van der Waals surface area contributed by atoms with Gasteiger partial charge in [0.25, 0.3) is 0 Å². The molecule has 0 atom stereocenters. The molecule has 0 spiro atoms. The van der Waals surface area contributed by atoms with E-state index in [4.69, 9.17) is 9.47 Å². The lowest BCUT2D eigenvalue weighted by Gasteiger charge is -2.19. The lowest BCUT2D eigenvalue weighted by molar-refractivity contribution is -0.152. The molecule has 0 aliphatic heterocycles. The van der Waals surface area contributed by atoms with Gasteiger partial charge in [0, 0.05) is 13.1 Å². The number of aliphatic imine (C=N–C) groups is 1. The van der Waals surface area contributed by atoms with Gasteiger partial charge in [0.2, 0.25) is 0 Å². The Hall–Kier alpha value is -1.51. The number of hydrogen-bond acceptors (Lipinski definition) is 4. The predicted octanol–water partition coefficient (Wildman–Crippen LogP) is 2.75. The molecule has 1 rings (SSSR count). The van der Waals surface area contributed by atoms with E-state index in [0.717, 1.165) is 18.7 Å². The largest absolute Gasteiger partial charge is 0.497 e. The van der Waals surface area contributed by atoms with Crippen LogP contribution in [0.25, 0.3) is 0 Å². The number of ether oxygens (including phenoxy) is 2. The number of carbonyl (C=O) groups excluding carboxylic acids is 1. The number of nitrogens with zero attached hydrogens (tertiary/aromatic N) is 1. The van der Waals surface area contributed by atoms with Gasteiger partial charge in [-0.1, -0.05) is 12.1 Å². The Morgan fingerprint density at radius 2 is 1.80 bits per heavy atom. The number of nitrogens with one attached hydrogen (secondary N) is 2. The van der Waals surface area contributed by atoms with Crippen LogP contribution in [0.15, 0.2) is 29.3 Å². The van der Waals surface area contributed by atoms with E-state index in [1.54, 1.807) is 7.11 Å². The molecule has 0 aromatic heterocycles. The quantitative estimate of drug-likeness (QED) is 0.282. The summed E-state index contributed by atoms with van der Waals surface area (Å²) in [6.07, 6.45) is 0.848. The Kier molecular flexibility index (Phi) is 11.2. The number of halogens is 1. The average Bonchev–Trinajstić information content (AvgIpc) is 2.51. The van der Waals surface area contributed by atoms with E-state index in [-0.39, 0.29) is 36.5 Å². The van der Waals surface area contributed by atoms with E-state index in [1.165, 1.54) is 5.56 Å². The van der Waals surface area contributed by atoms with Crippen LogP contribution in [0, 0.1) is 0 Å². The number of carbonyl (C=O) groups is 1. The minimum Gasteiger partial charge on any atom is -0.497 e. The Balaban J connectivity index is 0.00000576. The van der Waals surface area contributed by atoms with Gasteiger partial charge in [-0.25, -0.2) is 4.99 Å². The van der Waals surface area contributed by atoms with Crippen LogP contribution in [-0.2, 0) is 16.0 Å². The topological polar surface area (TPSA) is 72.0 Å². The monoisotopic (exact) mass is 463 g/mol. The first-order valence-electron chi connectivity index (χ1n) is 8.21. The maximum absolute atomic E-state index is 11.7. The molecule has 7 heteroatoms. The van der Waals surface area contributed by atoms with E-state index in [2.05, 4.69) is 15.6 Å². The zero-order valence-electron chi connectivity index (χ0n) is 15.7. The molecule has 0 aliphatic carbocycles. The number of rotatable bonds is 7. The van der Waals surface area contributed by atoms with Crippen molar-refractivity contribution in [1.82, 2.24) is 10.6 Å². The SMILES string of the molecule is CCNC(=NCC(=O)OC(C)(C)C)NCCc1ccc(OC)cc1.I. The van der Waals surface area contributed by atoms with Crippen LogP contribution in [0.4, 0.5) is 0 Å². The average molecular weight is 463 g/mol. The van der Waals surface area contributed by atoms with Crippen LogP contribution >= 0.6 is 24.0 Å². The van der Waals surface area contributed by atoms with Crippen molar-refractivity contribution in [2.24, 2.45) is 4.99 Å². The molecule has 142 valence electrons. The van der Waals surface area contributed by atoms with Gasteiger partial charge >= 0.3 is 5.97 Å². The zero-order valence-corrected chi connectivity index (χ0v) is 18.0. The second-order valence-corrected chi connectivity index (χ2v) is 6.31. The molecule has 0 saturated heterocycles. The van der Waals surface area contributed by atoms with E-state index in [0.29, 0.717) is 12.5 Å². The van der Waals surface area contributed by atoms with Gasteiger partial charge in [-0.05, 0) is 51.8 Å². The van der Waals surface area contributed by atoms with Crippen LogP contribution in [0.1, 0.15) is 33.3 Å². The molecule has 1 aromatic rings. The van der Waals surface area contributed by atoms with Gasteiger partial charge in [-0.15, -0.1) is 24.0 Å². The smallest absolute Gasteiger partial charge is 0.328 e. The van der Waals surface area contributed by atoms with E-state index in [9.17, 15) is 4.79 Å². The number of benzene rings is 1. The number of esters is 1. The zero-order chi connectivity index (χ0) is 18.0. The summed E-state index contributed by atoms with van der Waals surface area (Å²) in [5.74, 6) is 1.12. The second kappa shape index (κ2) is 11.9. The Morgan fingerprint density at radius 3 is 2.32 bits per heavy atom. The van der Waals surface area contributed by atoms with Crippen molar-refractivity contribution in [2.75, 3.05) is 26.7 Å². The van der Waals surface area contributed by atoms with Gasteiger partial charge in [0.05, 0.1) is 7.11 Å². The van der Waals surface area contributed by atoms with Crippen LogP contribution in [-0.4, -0.2) is 44.3 Å². The molecule has 25 heavy (non-hydrogen) atoms. The van der Waals surface area contributed by atoms with Gasteiger partial charge in [0.15, 0.2) is 5.96 Å². The van der Waals surface area contributed by atoms with Crippen molar-refractivity contribution in [2.45, 2.75) is 39.7 Å². The molecule has 1 aromatic carbocycles. The van der Waals surface area contributed by atoms with Crippen LogP contribution in [0.5, 0.6) is 5.75 Å². The summed E-state index contributed by atoms with van der Waals surface area (Å²) < 4.78 is 10.4. The van der Waals surface area contributed by atoms with Gasteiger partial charge in [-0.3, -0.25) is 4.79 Å². The molecule has 0 amide bonds. The molecule has 0 heterocycles. The fourth-order valence-electron chi connectivity index (χ4n) is 1.98. The summed E-state index contributed by atoms with van der Waals surface area (Å²) >= 11 is 0. The third-order valence-electron chi connectivity index (χ3n) is 3.00. The fraction of sp³-hybridized carbons (Fsp3) is 0.556. The van der Waals surface area contributed by atoms with E-state index < -0.39 is 5.60 Å². The minimum atomic E-state index is -0.493. The van der Waals surface area contributed by atoms with Crippen molar-refractivity contribution < 1.29 is 14.3 Å². The summed E-state index contributed by atoms with van der Waals surface area (Å²) in [6, 6.07) is 7.95. The van der Waals surface area contributed by atoms with Crippen molar-refractivity contribution in [3.8, 4) is 5.75 Å². The Labute approximate surface area is 167 Å².